The second kappa shape index (κ2) is 9.36. The van der Waals surface area contributed by atoms with Gasteiger partial charge in [-0.15, -0.1) is 0 Å². The minimum atomic E-state index is -2.69. The summed E-state index contributed by atoms with van der Waals surface area (Å²) in [6, 6.07) is -0.0467. The Bertz CT molecular complexity index is 1080. The highest BCUT2D eigenvalue weighted by Gasteiger charge is 2.65. The van der Waals surface area contributed by atoms with Crippen molar-refractivity contribution in [2.45, 2.75) is 90.2 Å². The highest BCUT2D eigenvalue weighted by molar-refractivity contribution is 5.81. The van der Waals surface area contributed by atoms with E-state index in [0.717, 1.165) is 16.8 Å². The summed E-state index contributed by atoms with van der Waals surface area (Å²) in [6.07, 6.45) is -3.43. The van der Waals surface area contributed by atoms with Crippen molar-refractivity contribution in [3.8, 4) is 0 Å². The normalized spacial score (nSPS) is 28.4. The van der Waals surface area contributed by atoms with Gasteiger partial charge in [0, 0.05) is 12.3 Å². The third-order valence-corrected chi connectivity index (χ3v) is 5.28. The number of aromatic amines is 1. The number of alkyl halides is 1. The summed E-state index contributed by atoms with van der Waals surface area (Å²) in [6.45, 7) is 10.6. The fraction of sp³-hybridized carbons (Fsp3) is 0.727. The van der Waals surface area contributed by atoms with Crippen molar-refractivity contribution >= 4 is 12.1 Å². The third-order valence-electron chi connectivity index (χ3n) is 5.28. The van der Waals surface area contributed by atoms with Crippen molar-refractivity contribution in [2.75, 3.05) is 6.61 Å². The van der Waals surface area contributed by atoms with Crippen molar-refractivity contribution in [2.24, 2.45) is 5.92 Å². The van der Waals surface area contributed by atoms with E-state index in [1.54, 1.807) is 48.5 Å². The van der Waals surface area contributed by atoms with E-state index < -0.39 is 77.6 Å². The second-order valence-corrected chi connectivity index (χ2v) is 10.3. The van der Waals surface area contributed by atoms with Crippen LogP contribution in [0.5, 0.6) is 0 Å². The van der Waals surface area contributed by atoms with E-state index in [-0.39, 0.29) is 0 Å². The van der Waals surface area contributed by atoms with Crippen LogP contribution in [0.2, 0.25) is 0 Å². The number of esters is 1. The molecule has 1 aromatic rings. The van der Waals surface area contributed by atoms with Crippen molar-refractivity contribution in [1.29, 1.82) is 0 Å². The van der Waals surface area contributed by atoms with E-state index in [1.165, 1.54) is 0 Å². The molecule has 196 valence electrons. The van der Waals surface area contributed by atoms with Crippen LogP contribution < -0.4 is 16.6 Å². The van der Waals surface area contributed by atoms with Crippen LogP contribution in [0.4, 0.5) is 9.18 Å². The Morgan fingerprint density at radius 2 is 1.89 bits per heavy atom. The summed E-state index contributed by atoms with van der Waals surface area (Å²) in [5, 5.41) is 2.43. The number of ether oxygens (including phenoxy) is 5. The van der Waals surface area contributed by atoms with Gasteiger partial charge in [0.2, 0.25) is 0 Å². The Kier molecular flexibility index (Phi) is 7.17. The van der Waals surface area contributed by atoms with Gasteiger partial charge < -0.3 is 29.0 Å². The molecule has 5 atom stereocenters. The predicted molar refractivity (Wildman–Crippen MR) is 118 cm³/mol. The molecule has 2 aliphatic heterocycles. The molecule has 0 radical (unpaired) electrons. The molecule has 3 heterocycles. The summed E-state index contributed by atoms with van der Waals surface area (Å²) >= 11 is 0. The smallest absolute Gasteiger partial charge is 0.408 e. The lowest BCUT2D eigenvalue weighted by atomic mass is 10.0. The van der Waals surface area contributed by atoms with Crippen LogP contribution in [0.25, 0.3) is 0 Å². The van der Waals surface area contributed by atoms with Gasteiger partial charge in [-0.05, 0) is 40.5 Å². The standard InChI is InChI=1S/C22H32FN3O9/c1-11(2)13(25-19(30)35-20(3,4)5)17(28)31-10-22(23)15-14(32-21(6,7)33-15)16(34-22)26-9-8-12(27)24-18(26)29/h8-9,11,13-16H,10H2,1-7H3,(H,25,30)(H,24,27,29)/t13?,14-,15+,16-,22-/m1/s1. The van der Waals surface area contributed by atoms with E-state index in [4.69, 9.17) is 23.7 Å². The van der Waals surface area contributed by atoms with Crippen LogP contribution in [0.3, 0.4) is 0 Å². The number of fused-ring (bicyclic) bond motifs is 1. The summed E-state index contributed by atoms with van der Waals surface area (Å²) in [4.78, 5) is 50.7. The molecule has 0 saturated carbocycles. The Balaban J connectivity index is 1.78. The fourth-order valence-electron chi connectivity index (χ4n) is 3.82. The van der Waals surface area contributed by atoms with Gasteiger partial charge in [0.1, 0.15) is 17.7 Å². The van der Waals surface area contributed by atoms with E-state index in [1.807, 2.05) is 0 Å². The monoisotopic (exact) mass is 501 g/mol. The average molecular weight is 502 g/mol. The molecule has 3 rings (SSSR count). The zero-order valence-corrected chi connectivity index (χ0v) is 20.7. The molecule has 13 heteroatoms. The SMILES string of the molecule is CC(C)C(NC(=O)OC(C)(C)C)C(=O)OC[C@@]1(F)O[C@@H](n2ccc(=O)[nH]c2=O)[C@@H]2OC(C)(C)O[C@@H]21. The highest BCUT2D eigenvalue weighted by Crippen LogP contribution is 2.48. The number of hydrogen-bond acceptors (Lipinski definition) is 9. The topological polar surface area (TPSA) is 147 Å². The molecule has 2 saturated heterocycles. The van der Waals surface area contributed by atoms with Gasteiger partial charge in [-0.25, -0.2) is 18.8 Å². The number of hydrogen-bond donors (Lipinski definition) is 2. The summed E-state index contributed by atoms with van der Waals surface area (Å²) in [7, 11) is 0. The maximum Gasteiger partial charge on any atom is 0.408 e. The maximum absolute atomic E-state index is 16.1. The van der Waals surface area contributed by atoms with E-state index in [9.17, 15) is 19.2 Å². The van der Waals surface area contributed by atoms with Crippen LogP contribution in [0.15, 0.2) is 21.9 Å². The van der Waals surface area contributed by atoms with Gasteiger partial charge >= 0.3 is 17.8 Å². The molecule has 0 spiro atoms. The average Bonchev–Trinajstić information content (AvgIpc) is 3.15. The Hall–Kier alpha value is -2.77. The number of amides is 1. The van der Waals surface area contributed by atoms with Crippen LogP contribution >= 0.6 is 0 Å². The summed E-state index contributed by atoms with van der Waals surface area (Å²) in [5.41, 5.74) is -2.26. The van der Waals surface area contributed by atoms with Crippen molar-refractivity contribution in [3.63, 3.8) is 0 Å². The number of H-pyrrole nitrogens is 1. The first-order valence-corrected chi connectivity index (χ1v) is 11.2. The van der Waals surface area contributed by atoms with Crippen molar-refractivity contribution in [3.05, 3.63) is 33.1 Å². The number of nitrogens with zero attached hydrogens (tertiary/aromatic N) is 1. The molecular weight excluding hydrogens is 469 g/mol. The van der Waals surface area contributed by atoms with E-state index in [2.05, 4.69) is 10.3 Å². The molecule has 12 nitrogen and oxygen atoms in total. The molecule has 2 fully saturated rings. The van der Waals surface area contributed by atoms with Gasteiger partial charge in [0.05, 0.1) is 0 Å². The molecule has 35 heavy (non-hydrogen) atoms. The van der Waals surface area contributed by atoms with Crippen LogP contribution in [-0.2, 0) is 28.5 Å². The number of rotatable bonds is 6. The van der Waals surface area contributed by atoms with Crippen molar-refractivity contribution in [1.82, 2.24) is 14.9 Å². The number of alkyl carbamates (subject to hydrolysis) is 1. The first kappa shape index (κ1) is 26.8. The fourth-order valence-corrected chi connectivity index (χ4v) is 3.82. The number of halogens is 1. The zero-order chi connectivity index (χ0) is 26.3. The van der Waals surface area contributed by atoms with Gasteiger partial charge in [-0.1, -0.05) is 13.8 Å². The van der Waals surface area contributed by atoms with E-state index in [0.29, 0.717) is 0 Å². The summed E-state index contributed by atoms with van der Waals surface area (Å²) < 4.78 is 44.3. The van der Waals surface area contributed by atoms with Gasteiger partial charge in [0.15, 0.2) is 24.7 Å². The molecule has 0 aliphatic carbocycles. The highest BCUT2D eigenvalue weighted by atomic mass is 19.2. The first-order chi connectivity index (χ1) is 16.0. The molecule has 0 bridgehead atoms. The molecule has 1 unspecified atom stereocenters. The largest absolute Gasteiger partial charge is 0.458 e. The lowest BCUT2D eigenvalue weighted by Crippen LogP contribution is -2.49. The Morgan fingerprint density at radius 1 is 1.23 bits per heavy atom. The van der Waals surface area contributed by atoms with Crippen molar-refractivity contribution < 1.29 is 37.7 Å². The minimum absolute atomic E-state index is 0.403. The number of carbonyl (C=O) groups is 2. The predicted octanol–water partition coefficient (Wildman–Crippen LogP) is 1.34. The molecule has 2 aliphatic rings. The maximum atomic E-state index is 16.1. The van der Waals surface area contributed by atoms with E-state index >= 15 is 4.39 Å². The minimum Gasteiger partial charge on any atom is -0.458 e. The quantitative estimate of drug-likeness (QED) is 0.551. The van der Waals surface area contributed by atoms with Crippen LogP contribution in [0.1, 0.15) is 54.7 Å². The molecule has 0 aromatic carbocycles. The zero-order valence-electron chi connectivity index (χ0n) is 20.7. The van der Waals surface area contributed by atoms with Crippen LogP contribution in [-0.4, -0.2) is 63.7 Å². The van der Waals surface area contributed by atoms with Crippen LogP contribution in [0, 0.1) is 5.92 Å². The van der Waals surface area contributed by atoms with Gasteiger partial charge in [-0.2, -0.15) is 0 Å². The summed E-state index contributed by atoms with van der Waals surface area (Å²) in [5.74, 6) is -5.23. The second-order valence-electron chi connectivity index (χ2n) is 10.3. The molecule has 1 amide bonds. The lowest BCUT2D eigenvalue weighted by Gasteiger charge is -2.29. The molecule has 2 N–H and O–H groups in total. The number of nitrogens with one attached hydrogen (secondary N) is 2. The number of carbonyl (C=O) groups excluding carboxylic acids is 2. The number of aromatic nitrogens is 2. The Labute approximate surface area is 201 Å². The Morgan fingerprint density at radius 3 is 2.46 bits per heavy atom. The molecular formula is C22H32FN3O9. The van der Waals surface area contributed by atoms with Gasteiger partial charge in [-0.3, -0.25) is 14.3 Å². The first-order valence-electron chi connectivity index (χ1n) is 11.2. The molecule has 1 aromatic heterocycles. The lowest BCUT2D eigenvalue weighted by molar-refractivity contribution is -0.267. The van der Waals surface area contributed by atoms with Gasteiger partial charge in [0.25, 0.3) is 11.4 Å². The third kappa shape index (κ3) is 6.08.